The summed E-state index contributed by atoms with van der Waals surface area (Å²) >= 11 is 0. The molecule has 0 saturated heterocycles. The molecule has 0 unspecified atom stereocenters. The van der Waals surface area contributed by atoms with Gasteiger partial charge in [0.2, 0.25) is 9.84 Å². The minimum atomic E-state index is -3.55. The van der Waals surface area contributed by atoms with Gasteiger partial charge in [0, 0.05) is 13.1 Å². The average molecular weight is 402 g/mol. The summed E-state index contributed by atoms with van der Waals surface area (Å²) in [4.78, 5) is 14.7. The number of likely N-dealkylation sites (N-methyl/N-ethyl adjacent to an activating group) is 1. The van der Waals surface area contributed by atoms with Crippen LogP contribution in [0.15, 0.2) is 64.4 Å². The predicted molar refractivity (Wildman–Crippen MR) is 108 cm³/mol. The Bertz CT molecular complexity index is 886. The van der Waals surface area contributed by atoms with Gasteiger partial charge in [0.25, 0.3) is 5.91 Å². The van der Waals surface area contributed by atoms with E-state index in [0.717, 1.165) is 31.6 Å². The second kappa shape index (κ2) is 8.78. The topological polar surface area (TPSA) is 63.7 Å². The Labute approximate surface area is 167 Å². The van der Waals surface area contributed by atoms with Crippen LogP contribution in [0.2, 0.25) is 0 Å². The zero-order valence-electron chi connectivity index (χ0n) is 16.4. The largest absolute Gasteiger partial charge is 0.484 e. The lowest BCUT2D eigenvalue weighted by Gasteiger charge is -2.33. The lowest BCUT2D eigenvalue weighted by atomic mass is 9.87. The van der Waals surface area contributed by atoms with Crippen LogP contribution in [-0.4, -0.2) is 38.9 Å². The Balaban J connectivity index is 1.58. The number of hydrogen-bond donors (Lipinski definition) is 0. The average Bonchev–Trinajstić information content (AvgIpc) is 2.73. The van der Waals surface area contributed by atoms with E-state index in [1.807, 2.05) is 7.05 Å². The Hall–Kier alpha value is -2.34. The van der Waals surface area contributed by atoms with Crippen LogP contribution in [0.25, 0.3) is 0 Å². The van der Waals surface area contributed by atoms with E-state index in [-0.39, 0.29) is 28.3 Å². The van der Waals surface area contributed by atoms with Crippen molar-refractivity contribution in [2.45, 2.75) is 48.4 Å². The van der Waals surface area contributed by atoms with Crippen molar-refractivity contribution in [1.82, 2.24) is 4.90 Å². The van der Waals surface area contributed by atoms with Crippen LogP contribution in [0, 0.1) is 5.92 Å². The maximum absolute atomic E-state index is 12.6. The molecule has 0 aliphatic heterocycles. The maximum atomic E-state index is 12.6. The summed E-state index contributed by atoms with van der Waals surface area (Å²) in [6.07, 6.45) is 4.38. The highest BCUT2D eigenvalue weighted by atomic mass is 32.2. The first-order valence-electron chi connectivity index (χ1n) is 9.66. The molecule has 1 fully saturated rings. The summed E-state index contributed by atoms with van der Waals surface area (Å²) in [6, 6.07) is 14.8. The number of carbonyl (C=O) groups is 1. The van der Waals surface area contributed by atoms with Gasteiger partial charge >= 0.3 is 0 Å². The van der Waals surface area contributed by atoms with Gasteiger partial charge in [0.15, 0.2) is 6.61 Å². The van der Waals surface area contributed by atoms with E-state index in [1.54, 1.807) is 47.4 Å². The first-order valence-corrected chi connectivity index (χ1v) is 11.1. The van der Waals surface area contributed by atoms with Crippen LogP contribution in [0.4, 0.5) is 0 Å². The molecular formula is C22H27NO4S. The summed E-state index contributed by atoms with van der Waals surface area (Å²) in [5.74, 6) is 1.16. The molecule has 5 nitrogen and oxygen atoms in total. The third-order valence-corrected chi connectivity index (χ3v) is 7.26. The number of amides is 1. The number of ether oxygens (including phenoxy) is 1. The van der Waals surface area contributed by atoms with E-state index >= 15 is 0 Å². The summed E-state index contributed by atoms with van der Waals surface area (Å²) in [6.45, 7) is 2.20. The highest BCUT2D eigenvalue weighted by Gasteiger charge is 2.25. The molecule has 2 aromatic rings. The summed E-state index contributed by atoms with van der Waals surface area (Å²) in [5, 5.41) is 0. The Morgan fingerprint density at radius 1 is 0.964 bits per heavy atom. The molecule has 0 N–H and O–H groups in total. The quantitative estimate of drug-likeness (QED) is 0.736. The molecule has 0 bridgehead atoms. The SMILES string of the molecule is CC1CCC(N(C)C(=O)COc2ccc(S(=O)(=O)c3ccccc3)cc2)CC1. The Kier molecular flexibility index (Phi) is 6.39. The smallest absolute Gasteiger partial charge is 0.260 e. The second-order valence-electron chi connectivity index (χ2n) is 7.49. The predicted octanol–water partition coefficient (Wildman–Crippen LogP) is 3.94. The molecule has 6 heteroatoms. The number of hydrogen-bond acceptors (Lipinski definition) is 4. The van der Waals surface area contributed by atoms with Gasteiger partial charge in [-0.3, -0.25) is 4.79 Å². The Morgan fingerprint density at radius 2 is 1.54 bits per heavy atom. The fourth-order valence-electron chi connectivity index (χ4n) is 3.53. The van der Waals surface area contributed by atoms with Gasteiger partial charge in [-0.1, -0.05) is 25.1 Å². The molecule has 28 heavy (non-hydrogen) atoms. The second-order valence-corrected chi connectivity index (χ2v) is 9.44. The fourth-order valence-corrected chi connectivity index (χ4v) is 4.81. The molecule has 1 amide bonds. The summed E-state index contributed by atoms with van der Waals surface area (Å²) in [7, 11) is -1.72. The van der Waals surface area contributed by atoms with Gasteiger partial charge in [-0.05, 0) is 68.0 Å². The van der Waals surface area contributed by atoms with E-state index in [4.69, 9.17) is 4.74 Å². The number of sulfone groups is 1. The van der Waals surface area contributed by atoms with Gasteiger partial charge in [-0.15, -0.1) is 0 Å². The minimum absolute atomic E-state index is 0.0483. The van der Waals surface area contributed by atoms with Crippen molar-refractivity contribution in [1.29, 1.82) is 0 Å². The van der Waals surface area contributed by atoms with Crippen LogP contribution >= 0.6 is 0 Å². The van der Waals surface area contributed by atoms with Gasteiger partial charge in [0.05, 0.1) is 9.79 Å². The van der Waals surface area contributed by atoms with E-state index < -0.39 is 9.84 Å². The third-order valence-electron chi connectivity index (χ3n) is 5.48. The lowest BCUT2D eigenvalue weighted by molar-refractivity contribution is -0.134. The molecule has 1 saturated carbocycles. The first-order chi connectivity index (χ1) is 13.4. The monoisotopic (exact) mass is 401 g/mol. The van der Waals surface area contributed by atoms with Gasteiger partial charge in [0.1, 0.15) is 5.75 Å². The van der Waals surface area contributed by atoms with Crippen molar-refractivity contribution in [2.75, 3.05) is 13.7 Å². The summed E-state index contributed by atoms with van der Waals surface area (Å²) in [5.41, 5.74) is 0. The van der Waals surface area contributed by atoms with Gasteiger partial charge in [-0.25, -0.2) is 8.42 Å². The van der Waals surface area contributed by atoms with Crippen LogP contribution in [0.1, 0.15) is 32.6 Å². The molecule has 0 heterocycles. The minimum Gasteiger partial charge on any atom is -0.484 e. The maximum Gasteiger partial charge on any atom is 0.260 e. The normalized spacial score (nSPS) is 19.8. The van der Waals surface area contributed by atoms with Crippen LogP contribution < -0.4 is 4.74 Å². The number of carbonyl (C=O) groups excluding carboxylic acids is 1. The van der Waals surface area contributed by atoms with Crippen molar-refractivity contribution in [3.05, 3.63) is 54.6 Å². The third kappa shape index (κ3) is 4.73. The molecule has 1 aliphatic rings. The van der Waals surface area contributed by atoms with Crippen molar-refractivity contribution in [3.63, 3.8) is 0 Å². The molecule has 0 spiro atoms. The Morgan fingerprint density at radius 3 is 2.14 bits per heavy atom. The fraction of sp³-hybridized carbons (Fsp3) is 0.409. The molecule has 0 radical (unpaired) electrons. The van der Waals surface area contributed by atoms with Crippen molar-refractivity contribution >= 4 is 15.7 Å². The number of benzene rings is 2. The van der Waals surface area contributed by atoms with Crippen LogP contribution in [-0.2, 0) is 14.6 Å². The van der Waals surface area contributed by atoms with Crippen molar-refractivity contribution in [2.24, 2.45) is 5.92 Å². The molecule has 0 atom stereocenters. The molecule has 0 aromatic heterocycles. The lowest BCUT2D eigenvalue weighted by Crippen LogP contribution is -2.41. The van der Waals surface area contributed by atoms with Crippen molar-refractivity contribution in [3.8, 4) is 5.75 Å². The standard InChI is InChI=1S/C22H27NO4S/c1-17-8-10-18(11-9-17)23(2)22(24)16-27-19-12-14-21(15-13-19)28(25,26)20-6-4-3-5-7-20/h3-7,12-15,17-18H,8-11,16H2,1-2H3. The van der Waals surface area contributed by atoms with Crippen LogP contribution in [0.5, 0.6) is 5.75 Å². The zero-order valence-corrected chi connectivity index (χ0v) is 17.2. The number of nitrogens with zero attached hydrogens (tertiary/aromatic N) is 1. The zero-order chi connectivity index (χ0) is 20.1. The summed E-state index contributed by atoms with van der Waals surface area (Å²) < 4.78 is 30.8. The molecule has 3 rings (SSSR count). The molecule has 1 aliphatic carbocycles. The van der Waals surface area contributed by atoms with E-state index in [0.29, 0.717) is 5.75 Å². The molecule has 150 valence electrons. The van der Waals surface area contributed by atoms with E-state index in [2.05, 4.69) is 6.92 Å². The van der Waals surface area contributed by atoms with E-state index in [9.17, 15) is 13.2 Å². The van der Waals surface area contributed by atoms with Gasteiger partial charge < -0.3 is 9.64 Å². The molecule has 2 aromatic carbocycles. The first kappa shape index (κ1) is 20.4. The van der Waals surface area contributed by atoms with Gasteiger partial charge in [-0.2, -0.15) is 0 Å². The molecular weight excluding hydrogens is 374 g/mol. The van der Waals surface area contributed by atoms with E-state index in [1.165, 1.54) is 12.1 Å². The highest BCUT2D eigenvalue weighted by molar-refractivity contribution is 7.91. The number of rotatable bonds is 6. The highest BCUT2D eigenvalue weighted by Crippen LogP contribution is 2.27. The van der Waals surface area contributed by atoms with Crippen molar-refractivity contribution < 1.29 is 17.9 Å². The van der Waals surface area contributed by atoms with Crippen LogP contribution in [0.3, 0.4) is 0 Å².